The van der Waals surface area contributed by atoms with Crippen LogP contribution in [0.3, 0.4) is 0 Å². The van der Waals surface area contributed by atoms with Crippen molar-refractivity contribution in [3.05, 3.63) is 254 Å². The fourth-order valence-corrected chi connectivity index (χ4v) is 10.3. The van der Waals surface area contributed by atoms with Crippen LogP contribution in [0.4, 0.5) is 17.1 Å². The molecule has 0 radical (unpaired) electrons. The number of para-hydroxylation sites is 2. The number of hydrogen-bond acceptors (Lipinski definition) is 1. The largest absolute Gasteiger partial charge is 0.311 e. The molecule has 1 aliphatic carbocycles. The van der Waals surface area contributed by atoms with E-state index in [2.05, 4.69) is 254 Å². The van der Waals surface area contributed by atoms with Crippen LogP contribution in [-0.2, 0) is 6.42 Å². The molecule has 12 rings (SSSR count). The van der Waals surface area contributed by atoms with Crippen molar-refractivity contribution in [2.75, 3.05) is 4.90 Å². The van der Waals surface area contributed by atoms with Gasteiger partial charge in [0, 0.05) is 17.1 Å². The molecule has 11 aromatic rings. The van der Waals surface area contributed by atoms with Gasteiger partial charge in [-0.25, -0.2) is 0 Å². The van der Waals surface area contributed by atoms with Gasteiger partial charge < -0.3 is 4.90 Å². The SMILES string of the molecule is C1=Cc2c(c3cc(-c4ccc(N(c5ccccc5)c5ccccc5)cc4)ccc3c3c(-c4ccccc4)cc(-c4ccccc4)c(-c4ccc(-c5cccc6ccccc56)cc4)c23)CC1. The third-order valence-electron chi connectivity index (χ3n) is 13.3. The summed E-state index contributed by atoms with van der Waals surface area (Å²) >= 11 is 0. The number of hydrogen-bond donors (Lipinski definition) is 0. The van der Waals surface area contributed by atoms with Crippen LogP contribution in [0.5, 0.6) is 0 Å². The molecule has 1 heteroatoms. The average Bonchev–Trinajstić information content (AvgIpc) is 3.39. The Labute approximate surface area is 380 Å². The number of aryl methyl sites for hydroxylation is 1. The predicted octanol–water partition coefficient (Wildman–Crippen LogP) is 17.9. The van der Waals surface area contributed by atoms with E-state index in [4.69, 9.17) is 0 Å². The normalized spacial score (nSPS) is 12.1. The van der Waals surface area contributed by atoms with Gasteiger partial charge in [-0.2, -0.15) is 0 Å². The van der Waals surface area contributed by atoms with E-state index in [1.165, 1.54) is 99.1 Å². The first-order chi connectivity index (χ1) is 32.3. The van der Waals surface area contributed by atoms with E-state index >= 15 is 0 Å². The van der Waals surface area contributed by atoms with Gasteiger partial charge in [0.1, 0.15) is 0 Å². The summed E-state index contributed by atoms with van der Waals surface area (Å²) < 4.78 is 0. The third-order valence-corrected chi connectivity index (χ3v) is 13.3. The van der Waals surface area contributed by atoms with Crippen LogP contribution in [0, 0.1) is 0 Å². The second-order valence-corrected chi connectivity index (χ2v) is 17.1. The Hall–Kier alpha value is -8.26. The molecule has 0 aliphatic heterocycles. The second kappa shape index (κ2) is 16.5. The standard InChI is InChI=1S/C64H45N/c1-5-18-46(19-6-1)59-43-60(47-20-7-2-8-21-47)63-58-41-38-50(44-36-39-53(40-37-44)65(51-24-9-3-10-25-51)52-26-11-4-12-27-52)42-61(58)56-29-15-16-30-57(56)64(63)62(59)49-34-32-48(33-35-49)55-31-17-23-45-22-13-14-28-54(45)55/h1-14,16-28,30-43H,15,29H2. The fourth-order valence-electron chi connectivity index (χ4n) is 10.3. The molecule has 306 valence electrons. The van der Waals surface area contributed by atoms with Gasteiger partial charge in [0.25, 0.3) is 0 Å². The minimum atomic E-state index is 0.986. The van der Waals surface area contributed by atoms with Crippen LogP contribution in [0.25, 0.3) is 94.0 Å². The Morgan fingerprint density at radius 3 is 1.55 bits per heavy atom. The Kier molecular flexibility index (Phi) is 9.73. The lowest BCUT2D eigenvalue weighted by molar-refractivity contribution is 1.00. The van der Waals surface area contributed by atoms with Crippen LogP contribution in [0.15, 0.2) is 243 Å². The highest BCUT2D eigenvalue weighted by Crippen LogP contribution is 2.50. The first-order valence-electron chi connectivity index (χ1n) is 22.7. The Morgan fingerprint density at radius 2 is 0.862 bits per heavy atom. The summed E-state index contributed by atoms with van der Waals surface area (Å²) in [5.41, 5.74) is 18.5. The van der Waals surface area contributed by atoms with Crippen molar-refractivity contribution in [1.82, 2.24) is 0 Å². The molecule has 0 heterocycles. The van der Waals surface area contributed by atoms with Crippen molar-refractivity contribution in [3.63, 3.8) is 0 Å². The fraction of sp³-hybridized carbons (Fsp3) is 0.0312. The number of benzene rings is 11. The Morgan fingerprint density at radius 1 is 0.323 bits per heavy atom. The summed E-state index contributed by atoms with van der Waals surface area (Å²) in [7, 11) is 0. The van der Waals surface area contributed by atoms with E-state index < -0.39 is 0 Å². The molecule has 0 fully saturated rings. The molecule has 0 bridgehead atoms. The average molecular weight is 828 g/mol. The van der Waals surface area contributed by atoms with E-state index in [9.17, 15) is 0 Å². The van der Waals surface area contributed by atoms with Crippen LogP contribution in [0.1, 0.15) is 17.5 Å². The van der Waals surface area contributed by atoms with E-state index in [1.807, 2.05) is 0 Å². The summed E-state index contributed by atoms with van der Waals surface area (Å²) in [5, 5.41) is 7.77. The minimum Gasteiger partial charge on any atom is -0.311 e. The lowest BCUT2D eigenvalue weighted by Crippen LogP contribution is -2.09. The molecular formula is C64H45N. The molecule has 0 unspecified atom stereocenters. The summed E-state index contributed by atoms with van der Waals surface area (Å²) in [5.74, 6) is 0. The molecule has 0 saturated carbocycles. The molecule has 1 aliphatic rings. The van der Waals surface area contributed by atoms with Gasteiger partial charge >= 0.3 is 0 Å². The maximum Gasteiger partial charge on any atom is 0.0462 e. The van der Waals surface area contributed by atoms with Gasteiger partial charge in [0.05, 0.1) is 0 Å². The van der Waals surface area contributed by atoms with Gasteiger partial charge in [-0.3, -0.25) is 0 Å². The topological polar surface area (TPSA) is 3.24 Å². The van der Waals surface area contributed by atoms with Gasteiger partial charge in [-0.1, -0.05) is 200 Å². The van der Waals surface area contributed by atoms with E-state index in [0.717, 1.165) is 29.9 Å². The molecule has 1 nitrogen and oxygen atoms in total. The second-order valence-electron chi connectivity index (χ2n) is 17.1. The molecule has 0 amide bonds. The van der Waals surface area contributed by atoms with Crippen molar-refractivity contribution >= 4 is 55.5 Å². The Balaban J connectivity index is 1.08. The molecule has 0 N–H and O–H groups in total. The van der Waals surface area contributed by atoms with Gasteiger partial charge in [0.2, 0.25) is 0 Å². The summed E-state index contributed by atoms with van der Waals surface area (Å²) in [6.45, 7) is 0. The molecule has 11 aromatic carbocycles. The lowest BCUT2D eigenvalue weighted by Gasteiger charge is -2.26. The highest BCUT2D eigenvalue weighted by Gasteiger charge is 2.25. The van der Waals surface area contributed by atoms with Crippen LogP contribution >= 0.6 is 0 Å². The molecular weight excluding hydrogens is 783 g/mol. The van der Waals surface area contributed by atoms with Crippen LogP contribution in [0.2, 0.25) is 0 Å². The monoisotopic (exact) mass is 827 g/mol. The van der Waals surface area contributed by atoms with Crippen molar-refractivity contribution in [2.24, 2.45) is 0 Å². The number of anilines is 3. The quantitative estimate of drug-likeness (QED) is 0.138. The van der Waals surface area contributed by atoms with Gasteiger partial charge in [-0.05, 0) is 160 Å². The maximum atomic E-state index is 2.47. The zero-order chi connectivity index (χ0) is 43.1. The van der Waals surface area contributed by atoms with Crippen LogP contribution < -0.4 is 4.90 Å². The molecule has 0 spiro atoms. The number of rotatable bonds is 8. The van der Waals surface area contributed by atoms with Gasteiger partial charge in [0.15, 0.2) is 0 Å². The zero-order valence-electron chi connectivity index (χ0n) is 36.0. The summed E-state index contributed by atoms with van der Waals surface area (Å²) in [6, 6.07) is 86.7. The summed E-state index contributed by atoms with van der Waals surface area (Å²) in [6.07, 6.45) is 6.80. The minimum absolute atomic E-state index is 0.986. The number of nitrogens with zero attached hydrogens (tertiary/aromatic N) is 1. The maximum absolute atomic E-state index is 2.47. The highest BCUT2D eigenvalue weighted by atomic mass is 15.1. The summed E-state index contributed by atoms with van der Waals surface area (Å²) in [4.78, 5) is 2.32. The van der Waals surface area contributed by atoms with Crippen molar-refractivity contribution in [2.45, 2.75) is 12.8 Å². The third kappa shape index (κ3) is 6.90. The van der Waals surface area contributed by atoms with Crippen molar-refractivity contribution in [1.29, 1.82) is 0 Å². The smallest absolute Gasteiger partial charge is 0.0462 e. The van der Waals surface area contributed by atoms with Crippen LogP contribution in [-0.4, -0.2) is 0 Å². The first kappa shape index (κ1) is 38.4. The highest BCUT2D eigenvalue weighted by molar-refractivity contribution is 6.25. The molecule has 0 saturated heterocycles. The molecule has 65 heavy (non-hydrogen) atoms. The Bertz CT molecular complexity index is 3490. The predicted molar refractivity (Wildman–Crippen MR) is 278 cm³/mol. The van der Waals surface area contributed by atoms with Crippen molar-refractivity contribution in [3.8, 4) is 55.6 Å². The first-order valence-corrected chi connectivity index (χ1v) is 22.7. The van der Waals surface area contributed by atoms with E-state index in [0.29, 0.717) is 0 Å². The zero-order valence-corrected chi connectivity index (χ0v) is 36.0. The number of allylic oxidation sites excluding steroid dienone is 1. The molecule has 0 aromatic heterocycles. The van der Waals surface area contributed by atoms with Gasteiger partial charge in [-0.15, -0.1) is 0 Å². The van der Waals surface area contributed by atoms with E-state index in [1.54, 1.807) is 0 Å². The lowest BCUT2D eigenvalue weighted by atomic mass is 9.78. The van der Waals surface area contributed by atoms with Crippen molar-refractivity contribution < 1.29 is 0 Å². The van der Waals surface area contributed by atoms with E-state index in [-0.39, 0.29) is 0 Å². The molecule has 0 atom stereocenters. The number of fused-ring (bicyclic) bond motifs is 7.